The van der Waals surface area contributed by atoms with Crippen molar-refractivity contribution >= 4 is 29.0 Å². The van der Waals surface area contributed by atoms with Gasteiger partial charge in [-0.3, -0.25) is 0 Å². The second kappa shape index (κ2) is 19.5. The first-order valence-corrected chi connectivity index (χ1v) is 20.6. The van der Waals surface area contributed by atoms with Gasteiger partial charge in [-0.25, -0.2) is 8.42 Å². The predicted octanol–water partition coefficient (Wildman–Crippen LogP) is 12.1. The minimum atomic E-state index is -3.92. The maximum atomic E-state index is 9.08. The SMILES string of the molecule is CC(C)c1cc(C(C)C)c(-c2ccccc2[PH+](C(C)(C)C)C(C)(C)C)c(C(C)C)c1.CS(=O)(=O)[O-].C[N-]c1ccccc1-c1[c-]cccc1.[Pd+2]. The van der Waals surface area contributed by atoms with Crippen LogP contribution in [0.15, 0.2) is 84.9 Å². The van der Waals surface area contributed by atoms with E-state index in [1.54, 1.807) is 5.30 Å². The molecule has 0 atom stereocenters. The summed E-state index contributed by atoms with van der Waals surface area (Å²) in [7, 11) is -2.95. The largest absolute Gasteiger partial charge is 2.00 e. The van der Waals surface area contributed by atoms with Crippen LogP contribution in [0.25, 0.3) is 27.6 Å². The number of benzene rings is 4. The number of hydrogen-bond acceptors (Lipinski definition) is 3. The third kappa shape index (κ3) is 13.7. The molecule has 4 aromatic carbocycles. The van der Waals surface area contributed by atoms with Crippen LogP contribution in [0.5, 0.6) is 0 Å². The van der Waals surface area contributed by atoms with Crippen molar-refractivity contribution in [3.05, 3.63) is 113 Å². The van der Waals surface area contributed by atoms with Crippen molar-refractivity contribution in [2.75, 3.05) is 13.3 Å². The fraction of sp³-hybridized carbons (Fsp3) is 0.442. The molecule has 0 aliphatic carbocycles. The third-order valence-corrected chi connectivity index (χ3v) is 12.2. The molecule has 50 heavy (non-hydrogen) atoms. The molecule has 0 saturated heterocycles. The van der Waals surface area contributed by atoms with Gasteiger partial charge in [-0.2, -0.15) is 5.69 Å². The Morgan fingerprint density at radius 2 is 1.14 bits per heavy atom. The van der Waals surface area contributed by atoms with Gasteiger partial charge < -0.3 is 9.87 Å². The molecule has 0 spiro atoms. The molecule has 7 heteroatoms. The summed E-state index contributed by atoms with van der Waals surface area (Å²) in [6.07, 6.45) is 0.604. The van der Waals surface area contributed by atoms with Gasteiger partial charge in [-0.1, -0.05) is 96.1 Å². The second-order valence-electron chi connectivity index (χ2n) is 15.7. The van der Waals surface area contributed by atoms with Gasteiger partial charge in [0.25, 0.3) is 0 Å². The van der Waals surface area contributed by atoms with Gasteiger partial charge in [0.05, 0.1) is 20.4 Å². The fourth-order valence-electron chi connectivity index (χ4n) is 6.58. The number of hydrogen-bond donors (Lipinski definition) is 0. The molecule has 0 N–H and O–H groups in total. The monoisotopic (exact) mass is 807 g/mol. The molecule has 0 aromatic heterocycles. The van der Waals surface area contributed by atoms with Crippen molar-refractivity contribution in [1.82, 2.24) is 0 Å². The third-order valence-electron chi connectivity index (χ3n) is 8.24. The zero-order chi connectivity index (χ0) is 37.3. The van der Waals surface area contributed by atoms with Crippen LogP contribution in [-0.4, -0.2) is 36.6 Å². The molecule has 0 aliphatic heterocycles. The van der Waals surface area contributed by atoms with E-state index in [0.717, 1.165) is 16.8 Å². The minimum absolute atomic E-state index is 0. The van der Waals surface area contributed by atoms with Gasteiger partial charge >= 0.3 is 20.4 Å². The normalized spacial score (nSPS) is 11.8. The Balaban J connectivity index is 0.000000514. The molecule has 4 nitrogen and oxygen atoms in total. The first kappa shape index (κ1) is 45.7. The molecule has 0 amide bonds. The van der Waals surface area contributed by atoms with Crippen molar-refractivity contribution in [2.24, 2.45) is 0 Å². The van der Waals surface area contributed by atoms with Crippen molar-refractivity contribution in [3.63, 3.8) is 0 Å². The van der Waals surface area contributed by atoms with Crippen LogP contribution in [0.2, 0.25) is 0 Å². The van der Waals surface area contributed by atoms with Gasteiger partial charge in [0.15, 0.2) is 0 Å². The van der Waals surface area contributed by atoms with E-state index in [1.807, 2.05) is 49.5 Å². The van der Waals surface area contributed by atoms with Gasteiger partial charge in [0.2, 0.25) is 0 Å². The molecule has 0 heterocycles. The van der Waals surface area contributed by atoms with Crippen LogP contribution in [0.3, 0.4) is 0 Å². The van der Waals surface area contributed by atoms with Crippen LogP contribution in [-0.2, 0) is 30.5 Å². The van der Waals surface area contributed by atoms with Crippen LogP contribution in [0.4, 0.5) is 5.69 Å². The van der Waals surface area contributed by atoms with Crippen LogP contribution >= 0.6 is 7.92 Å². The fourth-order valence-corrected chi connectivity index (χ4v) is 11.2. The van der Waals surface area contributed by atoms with Crippen molar-refractivity contribution < 1.29 is 33.4 Å². The second-order valence-corrected chi connectivity index (χ2v) is 21.4. The standard InChI is InChI=1S/C29H45P.C13H11N.CH4O3S.Pd/c1-19(2)22-17-24(20(3)4)27(25(18-22)21(5)6)23-15-13-14-16-26(23)30(28(7,8)9)29(10,11)12;1-14-13-10-6-5-9-12(13)11-7-3-2-4-8-11;1-5(2,3)4;/h13-21H,1-12H3;2-7,9-10H,1H3;1H3,(H,2,3,4);/q;-2;;+2. The average molecular weight is 808 g/mol. The molecule has 4 rings (SSSR count). The Morgan fingerprint density at radius 3 is 1.54 bits per heavy atom. The maximum Gasteiger partial charge on any atom is 2.00 e. The smallest absolute Gasteiger partial charge is 0.748 e. The quantitative estimate of drug-likeness (QED) is 0.0808. The summed E-state index contributed by atoms with van der Waals surface area (Å²) in [6, 6.07) is 33.6. The van der Waals surface area contributed by atoms with Gasteiger partial charge in [0, 0.05) is 19.7 Å². The summed E-state index contributed by atoms with van der Waals surface area (Å²) < 4.78 is 27.2. The summed E-state index contributed by atoms with van der Waals surface area (Å²) in [5, 5.41) is 6.40. The van der Waals surface area contributed by atoms with E-state index >= 15 is 0 Å². The summed E-state index contributed by atoms with van der Waals surface area (Å²) in [6.45, 7) is 28.7. The molecule has 0 unspecified atom stereocenters. The Bertz CT molecular complexity index is 1690. The number of rotatable bonds is 7. The minimum Gasteiger partial charge on any atom is -0.748 e. The average Bonchev–Trinajstić information content (AvgIpc) is 2.99. The van der Waals surface area contributed by atoms with E-state index in [0.29, 0.717) is 24.0 Å². The van der Waals surface area contributed by atoms with Crippen molar-refractivity contribution in [2.45, 2.75) is 111 Å². The van der Waals surface area contributed by atoms with E-state index in [1.165, 1.54) is 27.8 Å². The summed E-state index contributed by atoms with van der Waals surface area (Å²) in [5.41, 5.74) is 10.7. The van der Waals surface area contributed by atoms with Crippen molar-refractivity contribution in [3.8, 4) is 22.3 Å². The van der Waals surface area contributed by atoms with E-state index in [9.17, 15) is 0 Å². The van der Waals surface area contributed by atoms with E-state index in [2.05, 4.69) is 137 Å². The Morgan fingerprint density at radius 1 is 0.700 bits per heavy atom. The summed E-state index contributed by atoms with van der Waals surface area (Å²) in [5.74, 6) is 1.56. The molecule has 0 radical (unpaired) electrons. The first-order valence-electron chi connectivity index (χ1n) is 17.3. The van der Waals surface area contributed by atoms with Gasteiger partial charge in [0.1, 0.15) is 5.30 Å². The maximum absolute atomic E-state index is 9.08. The van der Waals surface area contributed by atoms with E-state index < -0.39 is 18.0 Å². The Kier molecular flexibility index (Phi) is 17.8. The van der Waals surface area contributed by atoms with Crippen LogP contribution < -0.4 is 5.30 Å². The summed E-state index contributed by atoms with van der Waals surface area (Å²) >= 11 is 0. The van der Waals surface area contributed by atoms with Crippen LogP contribution in [0.1, 0.15) is 118 Å². The number of para-hydroxylation sites is 1. The first-order chi connectivity index (χ1) is 22.6. The molecule has 0 fully saturated rings. The zero-order valence-electron chi connectivity index (χ0n) is 32.7. The topological polar surface area (TPSA) is 71.3 Å². The number of nitrogens with zero attached hydrogens (tertiary/aromatic N) is 1. The molecule has 4 aromatic rings. The van der Waals surface area contributed by atoms with Crippen molar-refractivity contribution in [1.29, 1.82) is 0 Å². The molecule has 0 aliphatic rings. The zero-order valence-corrected chi connectivity index (χ0v) is 36.1. The molecule has 0 saturated carbocycles. The van der Waals surface area contributed by atoms with Gasteiger partial charge in [-0.05, 0) is 87.6 Å². The molecule has 276 valence electrons. The molecular weight excluding hydrogens is 748 g/mol. The summed E-state index contributed by atoms with van der Waals surface area (Å²) in [4.78, 5) is 0. The predicted molar refractivity (Wildman–Crippen MR) is 217 cm³/mol. The van der Waals surface area contributed by atoms with E-state index in [4.69, 9.17) is 13.0 Å². The Hall–Kier alpha value is -2.32. The van der Waals surface area contributed by atoms with E-state index in [-0.39, 0.29) is 30.7 Å². The van der Waals surface area contributed by atoms with Crippen LogP contribution in [0, 0.1) is 6.07 Å². The van der Waals surface area contributed by atoms with Gasteiger partial charge in [-0.15, -0.1) is 48.5 Å². The Labute approximate surface area is 320 Å². The molecular formula is C43H60NO3PPdS. The molecule has 0 bridgehead atoms.